The van der Waals surface area contributed by atoms with E-state index in [0.29, 0.717) is 12.4 Å². The number of amides is 1. The molecule has 2 heterocycles. The van der Waals surface area contributed by atoms with Gasteiger partial charge in [-0.25, -0.2) is 9.78 Å². The number of alkyl halides is 3. The number of hydrogen-bond acceptors (Lipinski definition) is 5. The number of nitrogens with two attached hydrogens (primary N) is 2. The van der Waals surface area contributed by atoms with E-state index in [1.807, 2.05) is 24.3 Å². The molecule has 1 aliphatic heterocycles. The van der Waals surface area contributed by atoms with Crippen LogP contribution in [0.15, 0.2) is 30.5 Å². The Morgan fingerprint density at radius 3 is 2.54 bits per heavy atom. The fraction of sp³-hybridized carbons (Fsp3) is 0.312. The second-order valence-corrected chi connectivity index (χ2v) is 5.71. The lowest BCUT2D eigenvalue weighted by Gasteiger charge is -2.16. The van der Waals surface area contributed by atoms with Gasteiger partial charge in [0.15, 0.2) is 0 Å². The minimum atomic E-state index is -5.08. The van der Waals surface area contributed by atoms with E-state index in [1.54, 1.807) is 11.1 Å². The van der Waals surface area contributed by atoms with Gasteiger partial charge in [0.05, 0.1) is 6.04 Å². The molecule has 7 nitrogen and oxygen atoms in total. The summed E-state index contributed by atoms with van der Waals surface area (Å²) in [4.78, 5) is 26.6. The van der Waals surface area contributed by atoms with Crippen molar-refractivity contribution in [2.75, 3.05) is 12.3 Å². The molecule has 0 aliphatic carbocycles. The Bertz CT molecular complexity index is 826. The third-order valence-corrected chi connectivity index (χ3v) is 3.81. The molecule has 0 bridgehead atoms. The zero-order valence-corrected chi connectivity index (χ0v) is 13.5. The van der Waals surface area contributed by atoms with Crippen LogP contribution in [0.2, 0.25) is 0 Å². The minimum absolute atomic E-state index is 0.0364. The fourth-order valence-electron chi connectivity index (χ4n) is 2.49. The van der Waals surface area contributed by atoms with Crippen LogP contribution in [0.1, 0.15) is 12.0 Å². The molecule has 1 fully saturated rings. The van der Waals surface area contributed by atoms with Crippen LogP contribution in [0.3, 0.4) is 0 Å². The number of halogens is 3. The van der Waals surface area contributed by atoms with E-state index in [9.17, 15) is 18.0 Å². The molecule has 1 aromatic carbocycles. The number of hydrogen-bond donors (Lipinski definition) is 3. The molecule has 1 aromatic heterocycles. The van der Waals surface area contributed by atoms with E-state index in [0.717, 1.165) is 29.3 Å². The van der Waals surface area contributed by atoms with Crippen LogP contribution >= 0.6 is 0 Å². The molecule has 2 aromatic rings. The molecule has 10 heteroatoms. The summed E-state index contributed by atoms with van der Waals surface area (Å²) in [6, 6.07) is 7.57. The first-order valence-electron chi connectivity index (χ1n) is 7.57. The number of rotatable bonds is 2. The lowest BCUT2D eigenvalue weighted by Crippen LogP contribution is -2.33. The molecule has 1 aliphatic rings. The fourth-order valence-corrected chi connectivity index (χ4v) is 2.49. The van der Waals surface area contributed by atoms with Crippen molar-refractivity contribution in [3.8, 4) is 0 Å². The van der Waals surface area contributed by atoms with E-state index in [1.165, 1.54) is 0 Å². The van der Waals surface area contributed by atoms with Crippen molar-refractivity contribution in [3.05, 3.63) is 36.0 Å². The highest BCUT2D eigenvalue weighted by Crippen LogP contribution is 2.22. The average Bonchev–Trinajstić information content (AvgIpc) is 2.87. The monoisotopic (exact) mass is 370 g/mol. The summed E-state index contributed by atoms with van der Waals surface area (Å²) in [6.07, 6.45) is -2.65. The standard InChI is InChI=1S/C14H16N4O.C2HF3O2/c15-12-4-6-18(14(12)19)8-9-1-2-11-10(7-9)3-5-17-13(11)16;3-2(4,5)1(6)7/h1-3,5,7,12H,4,6,8,15H2,(H2,16,17);(H,6,7)/t12-;/m0./s1. The minimum Gasteiger partial charge on any atom is -0.475 e. The van der Waals surface area contributed by atoms with Crippen LogP contribution in [-0.4, -0.2) is 45.6 Å². The molecule has 1 amide bonds. The molecule has 0 unspecified atom stereocenters. The van der Waals surface area contributed by atoms with Gasteiger partial charge in [-0.05, 0) is 29.5 Å². The molecule has 1 saturated heterocycles. The summed E-state index contributed by atoms with van der Waals surface area (Å²) < 4.78 is 31.7. The van der Waals surface area contributed by atoms with Crippen molar-refractivity contribution >= 4 is 28.5 Å². The summed E-state index contributed by atoms with van der Waals surface area (Å²) in [7, 11) is 0. The lowest BCUT2D eigenvalue weighted by atomic mass is 10.1. The highest BCUT2D eigenvalue weighted by atomic mass is 19.4. The molecule has 140 valence electrons. The Morgan fingerprint density at radius 1 is 1.35 bits per heavy atom. The predicted molar refractivity (Wildman–Crippen MR) is 87.9 cm³/mol. The quantitative estimate of drug-likeness (QED) is 0.736. The highest BCUT2D eigenvalue weighted by Gasteiger charge is 2.38. The molecule has 0 radical (unpaired) electrons. The van der Waals surface area contributed by atoms with Crippen molar-refractivity contribution < 1.29 is 27.9 Å². The van der Waals surface area contributed by atoms with Gasteiger partial charge in [0.25, 0.3) is 0 Å². The van der Waals surface area contributed by atoms with E-state index in [-0.39, 0.29) is 11.9 Å². The Balaban J connectivity index is 0.000000298. The Hall–Kier alpha value is -2.88. The van der Waals surface area contributed by atoms with Crippen LogP contribution < -0.4 is 11.5 Å². The summed E-state index contributed by atoms with van der Waals surface area (Å²) >= 11 is 0. The van der Waals surface area contributed by atoms with E-state index < -0.39 is 12.1 Å². The number of anilines is 1. The number of nitrogens with zero attached hydrogens (tertiary/aromatic N) is 2. The molecule has 0 saturated carbocycles. The topological polar surface area (TPSA) is 123 Å². The average molecular weight is 370 g/mol. The van der Waals surface area contributed by atoms with Gasteiger partial charge in [0.2, 0.25) is 5.91 Å². The van der Waals surface area contributed by atoms with E-state index in [4.69, 9.17) is 21.4 Å². The summed E-state index contributed by atoms with van der Waals surface area (Å²) in [5.74, 6) is -2.19. The van der Waals surface area contributed by atoms with Gasteiger partial charge in [0, 0.05) is 24.7 Å². The SMILES string of the molecule is Nc1nccc2cc(CN3CC[C@H](N)C3=O)ccc12.O=C(O)C(F)(F)F. The maximum atomic E-state index is 11.8. The number of carbonyl (C=O) groups excluding carboxylic acids is 1. The second-order valence-electron chi connectivity index (χ2n) is 5.71. The number of carbonyl (C=O) groups is 2. The molecular formula is C16H17F3N4O3. The lowest BCUT2D eigenvalue weighted by molar-refractivity contribution is -0.192. The Labute approximate surface area is 146 Å². The van der Waals surface area contributed by atoms with Crippen LogP contribution in [0.5, 0.6) is 0 Å². The number of likely N-dealkylation sites (tertiary alicyclic amines) is 1. The van der Waals surface area contributed by atoms with Gasteiger partial charge < -0.3 is 21.5 Å². The van der Waals surface area contributed by atoms with Gasteiger partial charge in [-0.1, -0.05) is 12.1 Å². The second kappa shape index (κ2) is 7.56. The Kier molecular flexibility index (Phi) is 5.66. The van der Waals surface area contributed by atoms with Crippen LogP contribution in [0.4, 0.5) is 19.0 Å². The maximum absolute atomic E-state index is 11.8. The molecule has 0 spiro atoms. The van der Waals surface area contributed by atoms with Crippen LogP contribution in [0.25, 0.3) is 10.8 Å². The number of aliphatic carboxylic acids is 1. The van der Waals surface area contributed by atoms with Crippen LogP contribution in [-0.2, 0) is 16.1 Å². The smallest absolute Gasteiger partial charge is 0.475 e. The first kappa shape index (κ1) is 19.4. The summed E-state index contributed by atoms with van der Waals surface area (Å²) in [5.41, 5.74) is 12.6. The number of benzene rings is 1. The van der Waals surface area contributed by atoms with Crippen molar-refractivity contribution in [3.63, 3.8) is 0 Å². The molecular weight excluding hydrogens is 353 g/mol. The maximum Gasteiger partial charge on any atom is 0.490 e. The van der Waals surface area contributed by atoms with Crippen molar-refractivity contribution in [1.29, 1.82) is 0 Å². The van der Waals surface area contributed by atoms with E-state index in [2.05, 4.69) is 4.98 Å². The predicted octanol–water partition coefficient (Wildman–Crippen LogP) is 1.51. The Morgan fingerprint density at radius 2 is 2.00 bits per heavy atom. The summed E-state index contributed by atoms with van der Waals surface area (Å²) in [6.45, 7) is 1.33. The number of aromatic nitrogens is 1. The largest absolute Gasteiger partial charge is 0.490 e. The zero-order chi connectivity index (χ0) is 19.5. The first-order valence-corrected chi connectivity index (χ1v) is 7.57. The zero-order valence-electron chi connectivity index (χ0n) is 13.5. The summed E-state index contributed by atoms with van der Waals surface area (Å²) in [5, 5.41) is 9.11. The third-order valence-electron chi connectivity index (χ3n) is 3.81. The van der Waals surface area contributed by atoms with Gasteiger partial charge in [-0.15, -0.1) is 0 Å². The van der Waals surface area contributed by atoms with Crippen molar-refractivity contribution in [1.82, 2.24) is 9.88 Å². The number of carboxylic acids is 1. The van der Waals surface area contributed by atoms with Crippen LogP contribution in [0, 0.1) is 0 Å². The normalized spacial score (nSPS) is 17.2. The number of nitrogen functional groups attached to an aromatic ring is 1. The van der Waals surface area contributed by atoms with Gasteiger partial charge in [0.1, 0.15) is 5.82 Å². The van der Waals surface area contributed by atoms with Gasteiger partial charge in [-0.3, -0.25) is 4.79 Å². The van der Waals surface area contributed by atoms with Gasteiger partial charge in [-0.2, -0.15) is 13.2 Å². The highest BCUT2D eigenvalue weighted by molar-refractivity contribution is 5.91. The molecule has 5 N–H and O–H groups in total. The number of pyridine rings is 1. The van der Waals surface area contributed by atoms with Crippen molar-refractivity contribution in [2.24, 2.45) is 5.73 Å². The first-order chi connectivity index (χ1) is 12.1. The number of fused-ring (bicyclic) bond motifs is 1. The van der Waals surface area contributed by atoms with Gasteiger partial charge >= 0.3 is 12.1 Å². The van der Waals surface area contributed by atoms with E-state index >= 15 is 0 Å². The molecule has 26 heavy (non-hydrogen) atoms. The number of carboxylic acid groups (broad SMARTS) is 1. The third kappa shape index (κ3) is 4.60. The molecule has 1 atom stereocenters. The molecule has 3 rings (SSSR count). The van der Waals surface area contributed by atoms with Crippen molar-refractivity contribution in [2.45, 2.75) is 25.2 Å².